The summed E-state index contributed by atoms with van der Waals surface area (Å²) in [5.74, 6) is -60.1. The van der Waals surface area contributed by atoms with Gasteiger partial charge < -0.3 is 0 Å². The third-order valence-electron chi connectivity index (χ3n) is 5.68. The minimum atomic E-state index is -8.33. The van der Waals surface area contributed by atoms with Gasteiger partial charge in [0.25, 0.3) is 0 Å². The quantitative estimate of drug-likeness (QED) is 0.121. The number of rotatable bonds is 17. The van der Waals surface area contributed by atoms with E-state index in [9.17, 15) is 70.2 Å². The second-order valence-corrected chi connectivity index (χ2v) is 8.43. The van der Waals surface area contributed by atoms with E-state index in [1.165, 1.54) is 0 Å². The van der Waals surface area contributed by atoms with E-state index in [0.717, 1.165) is 19.3 Å². The van der Waals surface area contributed by atoms with Crippen molar-refractivity contribution < 1.29 is 70.2 Å². The first kappa shape index (κ1) is 34.9. The third kappa shape index (κ3) is 5.80. The van der Waals surface area contributed by atoms with Crippen LogP contribution in [0, 0.1) is 0 Å². The Labute approximate surface area is 196 Å². The summed E-state index contributed by atoms with van der Waals surface area (Å²) < 4.78 is 218. The topological polar surface area (TPSA) is 0 Å². The molecule has 0 nitrogen and oxygen atoms in total. The monoisotopic (exact) mass is 570 g/mol. The van der Waals surface area contributed by atoms with Crippen molar-refractivity contribution in [3.63, 3.8) is 0 Å². The van der Waals surface area contributed by atoms with Gasteiger partial charge in [-0.3, -0.25) is 0 Å². The lowest BCUT2D eigenvalue weighted by molar-refractivity contribution is -0.453. The second-order valence-electron chi connectivity index (χ2n) is 8.43. The SMILES string of the molecule is CCCCCCCCCCC(F)(F)C(F)(F)C(F)(F)C(F)(F)C(F)(F)C(F)(F)C(F)(F)C(F)(F)CC. The van der Waals surface area contributed by atoms with Gasteiger partial charge in [-0.1, -0.05) is 58.8 Å². The van der Waals surface area contributed by atoms with Crippen LogP contribution in [-0.4, -0.2) is 47.4 Å². The van der Waals surface area contributed by atoms with Crippen LogP contribution in [0.5, 0.6) is 0 Å². The summed E-state index contributed by atoms with van der Waals surface area (Å²) in [6, 6.07) is 0. The summed E-state index contributed by atoms with van der Waals surface area (Å²) >= 11 is 0. The van der Waals surface area contributed by atoms with E-state index in [1.807, 2.05) is 6.92 Å². The summed E-state index contributed by atoms with van der Waals surface area (Å²) in [6.07, 6.45) is -2.38. The molecule has 0 atom stereocenters. The number of unbranched alkanes of at least 4 members (excludes halogenated alkanes) is 7. The van der Waals surface area contributed by atoms with Gasteiger partial charge in [-0.05, 0) is 6.42 Å². The van der Waals surface area contributed by atoms with Crippen molar-refractivity contribution in [1.29, 1.82) is 0 Å². The van der Waals surface area contributed by atoms with Crippen molar-refractivity contribution in [3.05, 3.63) is 0 Å². The van der Waals surface area contributed by atoms with Crippen molar-refractivity contribution in [2.45, 2.75) is 125 Å². The summed E-state index contributed by atoms with van der Waals surface area (Å²) in [4.78, 5) is 0. The highest BCUT2D eigenvalue weighted by molar-refractivity contribution is 5.15. The van der Waals surface area contributed by atoms with Crippen LogP contribution in [-0.2, 0) is 0 Å². The fourth-order valence-corrected chi connectivity index (χ4v) is 3.11. The van der Waals surface area contributed by atoms with Crippen LogP contribution in [0.1, 0.15) is 78.1 Å². The maximum atomic E-state index is 13.8. The van der Waals surface area contributed by atoms with Gasteiger partial charge >= 0.3 is 47.4 Å². The highest BCUT2D eigenvalue weighted by Gasteiger charge is 2.94. The molecule has 0 N–H and O–H groups in total. The molecule has 0 aliphatic carbocycles. The Hall–Kier alpha value is -1.12. The Morgan fingerprint density at radius 2 is 0.611 bits per heavy atom. The first-order chi connectivity index (χ1) is 15.9. The lowest BCUT2D eigenvalue weighted by Crippen LogP contribution is -2.74. The van der Waals surface area contributed by atoms with Gasteiger partial charge in [0.2, 0.25) is 0 Å². The molecule has 0 fully saturated rings. The van der Waals surface area contributed by atoms with Gasteiger partial charge in [0.05, 0.1) is 0 Å². The largest absolute Gasteiger partial charge is 0.384 e. The molecule has 0 aromatic heterocycles. The normalized spacial score (nSPS) is 15.5. The maximum absolute atomic E-state index is 13.8. The molecular weight excluding hydrogens is 544 g/mol. The predicted molar refractivity (Wildman–Crippen MR) is 97.1 cm³/mol. The van der Waals surface area contributed by atoms with Crippen molar-refractivity contribution in [1.82, 2.24) is 0 Å². The van der Waals surface area contributed by atoms with Crippen molar-refractivity contribution >= 4 is 0 Å². The van der Waals surface area contributed by atoms with Crippen LogP contribution in [0.3, 0.4) is 0 Å². The summed E-state index contributed by atoms with van der Waals surface area (Å²) in [6.45, 7) is 1.89. The fourth-order valence-electron chi connectivity index (χ4n) is 3.11. The summed E-state index contributed by atoms with van der Waals surface area (Å²) in [5.41, 5.74) is 0. The van der Waals surface area contributed by atoms with E-state index >= 15 is 0 Å². The van der Waals surface area contributed by atoms with E-state index in [2.05, 4.69) is 0 Å². The van der Waals surface area contributed by atoms with Crippen LogP contribution in [0.2, 0.25) is 0 Å². The zero-order valence-corrected chi connectivity index (χ0v) is 19.1. The molecular formula is C20H26F16. The standard InChI is InChI=1S/C20H26F16/c1-3-5-6-7-8-9-10-11-12-14(23,24)16(27,28)18(31,32)20(35,36)19(33,34)17(29,30)15(25,26)13(21,22)4-2/h3-12H2,1-2H3. The molecule has 218 valence electrons. The smallest absolute Gasteiger partial charge is 0.200 e. The van der Waals surface area contributed by atoms with E-state index < -0.39 is 66.6 Å². The van der Waals surface area contributed by atoms with E-state index in [-0.39, 0.29) is 19.8 Å². The molecule has 0 saturated carbocycles. The minimum absolute atomic E-state index is 0.00872. The average Bonchev–Trinajstić information content (AvgIpc) is 2.74. The van der Waals surface area contributed by atoms with Gasteiger partial charge in [-0.2, -0.15) is 70.2 Å². The average molecular weight is 570 g/mol. The Morgan fingerprint density at radius 1 is 0.333 bits per heavy atom. The lowest BCUT2D eigenvalue weighted by Gasteiger charge is -2.43. The molecule has 0 rings (SSSR count). The van der Waals surface area contributed by atoms with E-state index in [4.69, 9.17) is 0 Å². The summed E-state index contributed by atoms with van der Waals surface area (Å²) in [5, 5.41) is 0. The molecule has 0 unspecified atom stereocenters. The number of halogens is 16. The third-order valence-corrected chi connectivity index (χ3v) is 5.68. The molecule has 36 heavy (non-hydrogen) atoms. The molecule has 16 heteroatoms. The van der Waals surface area contributed by atoms with E-state index in [0.29, 0.717) is 12.8 Å². The van der Waals surface area contributed by atoms with Crippen molar-refractivity contribution in [3.8, 4) is 0 Å². The molecule has 0 aromatic rings. The molecule has 0 heterocycles. The van der Waals surface area contributed by atoms with Crippen LogP contribution in [0.15, 0.2) is 0 Å². The molecule has 0 aliphatic heterocycles. The van der Waals surface area contributed by atoms with Gasteiger partial charge in [0.1, 0.15) is 0 Å². The zero-order valence-electron chi connectivity index (χ0n) is 19.1. The highest BCUT2D eigenvalue weighted by Crippen LogP contribution is 2.64. The van der Waals surface area contributed by atoms with Gasteiger partial charge in [0, 0.05) is 12.8 Å². The van der Waals surface area contributed by atoms with Crippen LogP contribution < -0.4 is 0 Å². The van der Waals surface area contributed by atoms with Crippen LogP contribution >= 0.6 is 0 Å². The molecule has 0 bridgehead atoms. The molecule has 0 aromatic carbocycles. The Balaban J connectivity index is 5.92. The molecule has 0 aliphatic rings. The number of alkyl halides is 16. The van der Waals surface area contributed by atoms with Gasteiger partial charge in [-0.25, -0.2) is 0 Å². The van der Waals surface area contributed by atoms with Crippen LogP contribution in [0.4, 0.5) is 70.2 Å². The predicted octanol–water partition coefficient (Wildman–Crippen LogP) is 10.0. The number of hydrogen-bond acceptors (Lipinski definition) is 0. The minimum Gasteiger partial charge on any atom is -0.200 e. The molecule has 0 saturated heterocycles. The molecule has 0 spiro atoms. The van der Waals surface area contributed by atoms with Crippen molar-refractivity contribution in [2.24, 2.45) is 0 Å². The fraction of sp³-hybridized carbons (Fsp3) is 1.00. The number of hydrogen-bond donors (Lipinski definition) is 0. The zero-order chi connectivity index (χ0) is 29.1. The molecule has 0 radical (unpaired) electrons. The molecule has 0 amide bonds. The summed E-state index contributed by atoms with van der Waals surface area (Å²) in [7, 11) is 0. The van der Waals surface area contributed by atoms with Crippen molar-refractivity contribution in [2.75, 3.05) is 0 Å². The van der Waals surface area contributed by atoms with Gasteiger partial charge in [0.15, 0.2) is 0 Å². The maximum Gasteiger partial charge on any atom is 0.384 e. The van der Waals surface area contributed by atoms with Gasteiger partial charge in [-0.15, -0.1) is 0 Å². The Morgan fingerprint density at radius 3 is 0.944 bits per heavy atom. The Kier molecular flexibility index (Phi) is 11.0. The first-order valence-electron chi connectivity index (χ1n) is 10.9. The highest BCUT2D eigenvalue weighted by atomic mass is 19.4. The first-order valence-corrected chi connectivity index (χ1v) is 10.9. The Bertz CT molecular complexity index is 683. The second kappa shape index (κ2) is 11.3. The van der Waals surface area contributed by atoms with Crippen LogP contribution in [0.25, 0.3) is 0 Å². The van der Waals surface area contributed by atoms with E-state index in [1.54, 1.807) is 0 Å². The lowest BCUT2D eigenvalue weighted by atomic mass is 9.86.